The minimum Gasteiger partial charge on any atom is -0.330 e. The molecule has 0 aliphatic rings. The second-order valence-electron chi connectivity index (χ2n) is 3.52. The van der Waals surface area contributed by atoms with Crippen LogP contribution in [0.5, 0.6) is 0 Å². The molecule has 0 unspecified atom stereocenters. The number of rotatable bonds is 2. The summed E-state index contributed by atoms with van der Waals surface area (Å²) in [6.45, 7) is -0.145. The van der Waals surface area contributed by atoms with Crippen molar-refractivity contribution in [3.8, 4) is 0 Å². The molecule has 0 aliphatic carbocycles. The lowest BCUT2D eigenvalue weighted by Gasteiger charge is -2.17. The standard InChI is InChI=1S/C10H8ClF6N/c11-8-4-5(9(12,13)14)3-7(10(15,16)17)6(8)1-2-18/h3-4H,1-2,18H2. The molecule has 2 N–H and O–H groups in total. The summed E-state index contributed by atoms with van der Waals surface area (Å²) >= 11 is 5.47. The third-order valence-corrected chi connectivity index (χ3v) is 2.56. The Bertz CT molecular complexity index is 437. The molecule has 0 atom stereocenters. The van der Waals surface area contributed by atoms with Gasteiger partial charge in [-0.05, 0) is 30.7 Å². The number of hydrogen-bond acceptors (Lipinski definition) is 1. The highest BCUT2D eigenvalue weighted by Gasteiger charge is 2.39. The lowest BCUT2D eigenvalue weighted by Crippen LogP contribution is -2.16. The average Bonchev–Trinajstić information content (AvgIpc) is 2.17. The Kier molecular flexibility index (Phi) is 4.17. The smallest absolute Gasteiger partial charge is 0.330 e. The number of hydrogen-bond donors (Lipinski definition) is 1. The number of nitrogens with two attached hydrogens (primary N) is 1. The van der Waals surface area contributed by atoms with E-state index in [0.29, 0.717) is 6.07 Å². The van der Waals surface area contributed by atoms with Gasteiger partial charge in [0.25, 0.3) is 0 Å². The van der Waals surface area contributed by atoms with E-state index in [4.69, 9.17) is 17.3 Å². The molecule has 8 heteroatoms. The van der Waals surface area contributed by atoms with Crippen LogP contribution >= 0.6 is 11.6 Å². The Morgan fingerprint density at radius 2 is 1.56 bits per heavy atom. The first kappa shape index (κ1) is 15.1. The molecule has 0 radical (unpaired) electrons. The largest absolute Gasteiger partial charge is 0.416 e. The summed E-state index contributed by atoms with van der Waals surface area (Å²) < 4.78 is 75.2. The Morgan fingerprint density at radius 3 is 1.94 bits per heavy atom. The van der Waals surface area contributed by atoms with Gasteiger partial charge < -0.3 is 5.73 Å². The fourth-order valence-electron chi connectivity index (χ4n) is 1.45. The molecule has 18 heavy (non-hydrogen) atoms. The van der Waals surface area contributed by atoms with E-state index in [9.17, 15) is 26.3 Å². The molecule has 0 spiro atoms. The van der Waals surface area contributed by atoms with E-state index in [2.05, 4.69) is 0 Å². The van der Waals surface area contributed by atoms with E-state index in [-0.39, 0.29) is 19.0 Å². The molecule has 0 aromatic heterocycles. The molecule has 0 aliphatic heterocycles. The summed E-state index contributed by atoms with van der Waals surface area (Å²) in [5.74, 6) is 0. The van der Waals surface area contributed by atoms with Crippen molar-refractivity contribution in [2.24, 2.45) is 5.73 Å². The quantitative estimate of drug-likeness (QED) is 0.822. The zero-order chi connectivity index (χ0) is 14.1. The predicted octanol–water partition coefficient (Wildman–Crippen LogP) is 3.88. The molecule has 0 amide bonds. The maximum Gasteiger partial charge on any atom is 0.416 e. The van der Waals surface area contributed by atoms with Crippen molar-refractivity contribution in [2.45, 2.75) is 18.8 Å². The molecular formula is C10H8ClF6N. The zero-order valence-corrected chi connectivity index (χ0v) is 9.55. The van der Waals surface area contributed by atoms with Gasteiger partial charge in [-0.2, -0.15) is 26.3 Å². The van der Waals surface area contributed by atoms with Gasteiger partial charge in [-0.3, -0.25) is 0 Å². The van der Waals surface area contributed by atoms with E-state index in [1.807, 2.05) is 0 Å². The van der Waals surface area contributed by atoms with Crippen molar-refractivity contribution < 1.29 is 26.3 Å². The summed E-state index contributed by atoms with van der Waals surface area (Å²) in [6, 6.07) is 0.526. The summed E-state index contributed by atoms with van der Waals surface area (Å²) in [5.41, 5.74) is 1.87. The fraction of sp³-hybridized carbons (Fsp3) is 0.400. The van der Waals surface area contributed by atoms with E-state index in [1.54, 1.807) is 0 Å². The average molecular weight is 292 g/mol. The van der Waals surface area contributed by atoms with E-state index < -0.39 is 34.1 Å². The van der Waals surface area contributed by atoms with Gasteiger partial charge in [0.2, 0.25) is 0 Å². The predicted molar refractivity (Wildman–Crippen MR) is 54.2 cm³/mol. The SMILES string of the molecule is NCCc1c(Cl)cc(C(F)(F)F)cc1C(F)(F)F. The van der Waals surface area contributed by atoms with Crippen LogP contribution < -0.4 is 5.73 Å². The minimum absolute atomic E-state index is 0.0525. The molecule has 1 nitrogen and oxygen atoms in total. The van der Waals surface area contributed by atoms with Gasteiger partial charge in [0, 0.05) is 5.02 Å². The third kappa shape index (κ3) is 3.29. The van der Waals surface area contributed by atoms with Crippen LogP contribution in [-0.2, 0) is 18.8 Å². The normalized spacial score (nSPS) is 12.9. The molecule has 1 aromatic carbocycles. The lowest BCUT2D eigenvalue weighted by molar-refractivity contribution is -0.143. The first-order valence-electron chi connectivity index (χ1n) is 4.74. The van der Waals surface area contributed by atoms with Crippen molar-refractivity contribution >= 4 is 11.6 Å². The Hall–Kier alpha value is -0.950. The fourth-order valence-corrected chi connectivity index (χ4v) is 1.77. The lowest BCUT2D eigenvalue weighted by atomic mass is 10.0. The maximum absolute atomic E-state index is 12.7. The maximum atomic E-state index is 12.7. The first-order chi connectivity index (χ1) is 8.07. The minimum atomic E-state index is -4.91. The molecule has 0 fully saturated rings. The topological polar surface area (TPSA) is 26.0 Å². The molecule has 0 saturated heterocycles. The van der Waals surface area contributed by atoms with Gasteiger partial charge in [0.05, 0.1) is 11.1 Å². The van der Waals surface area contributed by atoms with Crippen LogP contribution in [0, 0.1) is 0 Å². The second kappa shape index (κ2) is 4.97. The number of benzene rings is 1. The van der Waals surface area contributed by atoms with Crippen LogP contribution in [0.25, 0.3) is 0 Å². The van der Waals surface area contributed by atoms with E-state index >= 15 is 0 Å². The van der Waals surface area contributed by atoms with Crippen molar-refractivity contribution in [1.29, 1.82) is 0 Å². The van der Waals surface area contributed by atoms with Crippen LogP contribution in [-0.4, -0.2) is 6.54 Å². The third-order valence-electron chi connectivity index (χ3n) is 2.22. The van der Waals surface area contributed by atoms with Crippen LogP contribution in [0.1, 0.15) is 16.7 Å². The molecule has 1 aromatic rings. The van der Waals surface area contributed by atoms with Crippen molar-refractivity contribution in [3.05, 3.63) is 33.8 Å². The molecule has 102 valence electrons. The number of halogens is 7. The van der Waals surface area contributed by atoms with Crippen LogP contribution in [0.2, 0.25) is 5.02 Å². The summed E-state index contributed by atoms with van der Waals surface area (Å²) in [7, 11) is 0. The van der Waals surface area contributed by atoms with Crippen molar-refractivity contribution in [1.82, 2.24) is 0 Å². The summed E-state index contributed by atoms with van der Waals surface area (Å²) in [6.07, 6.45) is -10.0. The van der Waals surface area contributed by atoms with Crippen molar-refractivity contribution in [3.63, 3.8) is 0 Å². The first-order valence-corrected chi connectivity index (χ1v) is 5.12. The molecule has 0 bridgehead atoms. The zero-order valence-electron chi connectivity index (χ0n) is 8.79. The highest BCUT2D eigenvalue weighted by Crippen LogP contribution is 2.40. The highest BCUT2D eigenvalue weighted by molar-refractivity contribution is 6.31. The highest BCUT2D eigenvalue weighted by atomic mass is 35.5. The van der Waals surface area contributed by atoms with Crippen molar-refractivity contribution in [2.75, 3.05) is 6.54 Å². The summed E-state index contributed by atoms with van der Waals surface area (Å²) in [5, 5.41) is -0.581. The van der Waals surface area contributed by atoms with Gasteiger partial charge in [-0.15, -0.1) is 0 Å². The Labute approximate surface area is 104 Å². The molecular weight excluding hydrogens is 284 g/mol. The Morgan fingerprint density at radius 1 is 1.00 bits per heavy atom. The van der Waals surface area contributed by atoms with Crippen LogP contribution in [0.15, 0.2) is 12.1 Å². The van der Waals surface area contributed by atoms with E-state index in [1.165, 1.54) is 0 Å². The van der Waals surface area contributed by atoms with Crippen LogP contribution in [0.3, 0.4) is 0 Å². The van der Waals surface area contributed by atoms with E-state index in [0.717, 1.165) is 0 Å². The molecule has 0 saturated carbocycles. The monoisotopic (exact) mass is 291 g/mol. The second-order valence-corrected chi connectivity index (χ2v) is 3.93. The number of alkyl halides is 6. The van der Waals surface area contributed by atoms with Gasteiger partial charge >= 0.3 is 12.4 Å². The molecule has 1 rings (SSSR count). The van der Waals surface area contributed by atoms with Gasteiger partial charge in [0.1, 0.15) is 0 Å². The van der Waals surface area contributed by atoms with Gasteiger partial charge in [0.15, 0.2) is 0 Å². The van der Waals surface area contributed by atoms with Gasteiger partial charge in [-0.1, -0.05) is 11.6 Å². The molecule has 0 heterocycles. The van der Waals surface area contributed by atoms with Crippen LogP contribution in [0.4, 0.5) is 26.3 Å². The van der Waals surface area contributed by atoms with Gasteiger partial charge in [-0.25, -0.2) is 0 Å². The summed E-state index contributed by atoms with van der Waals surface area (Å²) in [4.78, 5) is 0. The Balaban J connectivity index is 3.47.